The number of imide groups is 1. The van der Waals surface area contributed by atoms with Crippen molar-refractivity contribution < 1.29 is 19.2 Å². The van der Waals surface area contributed by atoms with E-state index in [2.05, 4.69) is 20.9 Å². The molecular weight excluding hydrogens is 444 g/mol. The third-order valence-corrected chi connectivity index (χ3v) is 6.83. The Morgan fingerprint density at radius 3 is 2.88 bits per heavy atom. The van der Waals surface area contributed by atoms with Crippen LogP contribution < -0.4 is 10.6 Å². The summed E-state index contributed by atoms with van der Waals surface area (Å²) >= 11 is 1.56. The van der Waals surface area contributed by atoms with Gasteiger partial charge in [0.2, 0.25) is 17.7 Å². The van der Waals surface area contributed by atoms with Crippen LogP contribution in [0.3, 0.4) is 0 Å². The summed E-state index contributed by atoms with van der Waals surface area (Å²) in [7, 11) is 0. The second-order valence-corrected chi connectivity index (χ2v) is 8.93. The van der Waals surface area contributed by atoms with Crippen LogP contribution in [0.1, 0.15) is 34.3 Å². The van der Waals surface area contributed by atoms with E-state index in [1.165, 1.54) is 9.58 Å². The third-order valence-electron chi connectivity index (χ3n) is 5.80. The van der Waals surface area contributed by atoms with E-state index in [9.17, 15) is 19.2 Å². The lowest BCUT2D eigenvalue weighted by Gasteiger charge is -2.29. The summed E-state index contributed by atoms with van der Waals surface area (Å²) in [5, 5.41) is 15.3. The fourth-order valence-electron chi connectivity index (χ4n) is 4.15. The summed E-state index contributed by atoms with van der Waals surface area (Å²) in [5.41, 5.74) is 3.40. The molecule has 1 aromatic carbocycles. The van der Waals surface area contributed by atoms with Gasteiger partial charge in [-0.25, -0.2) is 4.68 Å². The van der Waals surface area contributed by atoms with Crippen LogP contribution in [-0.2, 0) is 27.5 Å². The van der Waals surface area contributed by atoms with E-state index in [0.717, 1.165) is 10.4 Å². The van der Waals surface area contributed by atoms with Crippen molar-refractivity contribution in [3.63, 3.8) is 0 Å². The van der Waals surface area contributed by atoms with Crippen LogP contribution in [0, 0.1) is 6.92 Å². The molecule has 1 saturated heterocycles. The molecule has 5 rings (SSSR count). The predicted molar refractivity (Wildman–Crippen MR) is 119 cm³/mol. The Balaban J connectivity index is 1.30. The van der Waals surface area contributed by atoms with Gasteiger partial charge in [0.05, 0.1) is 11.1 Å². The monoisotopic (exact) mass is 464 g/mol. The van der Waals surface area contributed by atoms with Gasteiger partial charge < -0.3 is 10.2 Å². The number of carbonyl (C=O) groups is 4. The molecule has 2 N–H and O–H groups in total. The number of thiophene rings is 1. The Morgan fingerprint density at radius 2 is 2.12 bits per heavy atom. The van der Waals surface area contributed by atoms with Crippen molar-refractivity contribution in [2.75, 3.05) is 5.32 Å². The second kappa shape index (κ2) is 8.24. The van der Waals surface area contributed by atoms with Gasteiger partial charge in [-0.2, -0.15) is 0 Å². The van der Waals surface area contributed by atoms with E-state index in [0.29, 0.717) is 22.5 Å². The number of carbonyl (C=O) groups excluding carboxylic acids is 4. The number of aromatic nitrogens is 3. The second-order valence-electron chi connectivity index (χ2n) is 8.01. The normalized spacial score (nSPS) is 17.8. The molecular formula is C22H20N6O4S. The average Bonchev–Trinajstić information content (AvgIpc) is 3.48. The summed E-state index contributed by atoms with van der Waals surface area (Å²) in [5.74, 6) is -1.41. The first kappa shape index (κ1) is 21.0. The molecule has 1 unspecified atom stereocenters. The van der Waals surface area contributed by atoms with E-state index in [1.54, 1.807) is 35.7 Å². The molecule has 10 nitrogen and oxygen atoms in total. The molecule has 2 aromatic heterocycles. The molecule has 2 aliphatic rings. The van der Waals surface area contributed by atoms with Crippen molar-refractivity contribution in [1.82, 2.24) is 25.2 Å². The van der Waals surface area contributed by atoms with Crippen molar-refractivity contribution in [2.45, 2.75) is 38.9 Å². The quantitative estimate of drug-likeness (QED) is 0.554. The summed E-state index contributed by atoms with van der Waals surface area (Å²) in [4.78, 5) is 51.8. The maximum atomic E-state index is 12.9. The maximum absolute atomic E-state index is 12.9. The number of rotatable bonds is 5. The number of hydrogen-bond donors (Lipinski definition) is 2. The number of nitrogens with zero attached hydrogens (tertiary/aromatic N) is 4. The highest BCUT2D eigenvalue weighted by atomic mass is 32.1. The molecule has 0 bridgehead atoms. The average molecular weight is 465 g/mol. The fourth-order valence-corrected chi connectivity index (χ4v) is 5.03. The van der Waals surface area contributed by atoms with Crippen LogP contribution >= 0.6 is 11.3 Å². The Labute approximate surface area is 192 Å². The summed E-state index contributed by atoms with van der Waals surface area (Å²) in [6.45, 7) is 2.14. The zero-order chi connectivity index (χ0) is 23.1. The largest absolute Gasteiger partial charge is 0.324 e. The predicted octanol–water partition coefficient (Wildman–Crippen LogP) is 1.71. The van der Waals surface area contributed by atoms with E-state index in [1.807, 2.05) is 18.4 Å². The van der Waals surface area contributed by atoms with Crippen molar-refractivity contribution in [1.29, 1.82) is 0 Å². The van der Waals surface area contributed by atoms with Gasteiger partial charge in [0.25, 0.3) is 5.91 Å². The third kappa shape index (κ3) is 3.91. The Morgan fingerprint density at radius 1 is 1.27 bits per heavy atom. The molecule has 33 heavy (non-hydrogen) atoms. The Kier molecular flexibility index (Phi) is 5.25. The number of fused-ring (bicyclic) bond motifs is 1. The number of hydrogen-bond acceptors (Lipinski definition) is 7. The van der Waals surface area contributed by atoms with E-state index < -0.39 is 11.9 Å². The van der Waals surface area contributed by atoms with Gasteiger partial charge in [0, 0.05) is 29.8 Å². The van der Waals surface area contributed by atoms with Crippen molar-refractivity contribution in [2.24, 2.45) is 0 Å². The molecule has 0 spiro atoms. The highest BCUT2D eigenvalue weighted by molar-refractivity contribution is 7.13. The number of piperidine rings is 1. The van der Waals surface area contributed by atoms with Crippen molar-refractivity contribution >= 4 is 40.7 Å². The van der Waals surface area contributed by atoms with Gasteiger partial charge in [-0.05, 0) is 42.5 Å². The standard InChI is InChI=1S/C22H20N6O4S/c1-12-7-8-33-20(12)16-10-27(26-25-16)11-19(30)23-15-4-2-3-13-14(15)9-28(22(13)32)17-5-6-18(29)24-21(17)31/h2-4,7-8,10,17H,5-6,9,11H2,1H3,(H,23,30)(H,24,29,31). The van der Waals surface area contributed by atoms with Crippen molar-refractivity contribution in [3.8, 4) is 10.6 Å². The first-order valence-corrected chi connectivity index (χ1v) is 11.3. The molecule has 0 saturated carbocycles. The maximum Gasteiger partial charge on any atom is 0.255 e. The van der Waals surface area contributed by atoms with E-state index in [4.69, 9.17) is 0 Å². The van der Waals surface area contributed by atoms with E-state index >= 15 is 0 Å². The van der Waals surface area contributed by atoms with Gasteiger partial charge in [0.15, 0.2) is 0 Å². The summed E-state index contributed by atoms with van der Waals surface area (Å²) < 4.78 is 1.47. The minimum atomic E-state index is -0.708. The molecule has 3 aromatic rings. The highest BCUT2D eigenvalue weighted by Crippen LogP contribution is 2.32. The Hall–Kier alpha value is -3.86. The van der Waals surface area contributed by atoms with E-state index in [-0.39, 0.29) is 43.7 Å². The molecule has 0 radical (unpaired) electrons. The van der Waals surface area contributed by atoms with Gasteiger partial charge in [-0.3, -0.25) is 24.5 Å². The summed E-state index contributed by atoms with van der Waals surface area (Å²) in [6.07, 6.45) is 2.19. The zero-order valence-corrected chi connectivity index (χ0v) is 18.5. The number of amides is 4. The minimum absolute atomic E-state index is 0.0358. The number of aryl methyl sites for hydroxylation is 1. The molecule has 4 amide bonds. The van der Waals surface area contributed by atoms with Crippen LogP contribution in [0.15, 0.2) is 35.8 Å². The van der Waals surface area contributed by atoms with Crippen molar-refractivity contribution in [3.05, 3.63) is 52.5 Å². The zero-order valence-electron chi connectivity index (χ0n) is 17.7. The van der Waals surface area contributed by atoms with Gasteiger partial charge in [0.1, 0.15) is 18.3 Å². The number of anilines is 1. The molecule has 0 aliphatic carbocycles. The molecule has 11 heteroatoms. The van der Waals surface area contributed by atoms with Gasteiger partial charge >= 0.3 is 0 Å². The number of benzene rings is 1. The first-order valence-electron chi connectivity index (χ1n) is 10.4. The van der Waals surface area contributed by atoms with Crippen LogP contribution in [0.25, 0.3) is 10.6 Å². The molecule has 1 atom stereocenters. The lowest BCUT2D eigenvalue weighted by atomic mass is 10.0. The lowest BCUT2D eigenvalue weighted by Crippen LogP contribution is -2.52. The molecule has 4 heterocycles. The molecule has 2 aliphatic heterocycles. The molecule has 168 valence electrons. The van der Waals surface area contributed by atoms with Crippen LogP contribution in [-0.4, -0.2) is 49.6 Å². The van der Waals surface area contributed by atoms with Crippen LogP contribution in [0.2, 0.25) is 0 Å². The topological polar surface area (TPSA) is 126 Å². The highest BCUT2D eigenvalue weighted by Gasteiger charge is 2.39. The first-order chi connectivity index (χ1) is 15.9. The SMILES string of the molecule is Cc1ccsc1-c1cn(CC(=O)Nc2cccc3c2CN(C2CCC(=O)NC2=O)C3=O)nn1. The van der Waals surface area contributed by atoms with Gasteiger partial charge in [-0.15, -0.1) is 16.4 Å². The smallest absolute Gasteiger partial charge is 0.255 e. The van der Waals surface area contributed by atoms with Crippen LogP contribution in [0.5, 0.6) is 0 Å². The summed E-state index contributed by atoms with van der Waals surface area (Å²) in [6, 6.07) is 6.38. The van der Waals surface area contributed by atoms with Gasteiger partial charge in [-0.1, -0.05) is 11.3 Å². The molecule has 1 fully saturated rings. The fraction of sp³-hybridized carbons (Fsp3) is 0.273. The Bertz CT molecular complexity index is 1300. The van der Waals surface area contributed by atoms with Crippen LogP contribution in [0.4, 0.5) is 5.69 Å². The lowest BCUT2D eigenvalue weighted by molar-refractivity contribution is -0.137. The minimum Gasteiger partial charge on any atom is -0.324 e. The number of nitrogens with one attached hydrogen (secondary N) is 2.